The lowest BCUT2D eigenvalue weighted by Gasteiger charge is -2.27. The van der Waals surface area contributed by atoms with Crippen molar-refractivity contribution in [3.8, 4) is 22.6 Å². The van der Waals surface area contributed by atoms with Gasteiger partial charge in [0.15, 0.2) is 5.82 Å². The molecule has 2 saturated carbocycles. The molecule has 1 amide bonds. The molecule has 40 heavy (non-hydrogen) atoms. The molecule has 2 aliphatic rings. The summed E-state index contributed by atoms with van der Waals surface area (Å²) in [5, 5.41) is 20.3. The molecule has 3 aromatic heterocycles. The molecule has 3 heterocycles. The van der Waals surface area contributed by atoms with Crippen molar-refractivity contribution in [1.82, 2.24) is 19.9 Å². The second-order valence-electron chi connectivity index (χ2n) is 10.6. The van der Waals surface area contributed by atoms with E-state index in [2.05, 4.69) is 20.7 Å². The van der Waals surface area contributed by atoms with Crippen LogP contribution in [0.3, 0.4) is 0 Å². The summed E-state index contributed by atoms with van der Waals surface area (Å²) in [5.74, 6) is 0.234. The summed E-state index contributed by atoms with van der Waals surface area (Å²) < 4.78 is 28.4. The number of fused-ring (bicyclic) bond motifs is 1. The number of aliphatic hydroxyl groups is 1. The number of hydrogen-bond donors (Lipinski definition) is 3. The SMILES string of the molecule is COc1cc(Nc2cc3cc(-c4cc(C)ncc4O[C@H]4CC[C@H](O)CC4)ccn3n2)cc(F)c1C(=O)NC1CC1. The normalized spacial score (nSPS) is 18.9. The van der Waals surface area contributed by atoms with Crippen molar-refractivity contribution in [3.05, 3.63) is 65.9 Å². The van der Waals surface area contributed by atoms with Crippen molar-refractivity contribution >= 4 is 22.9 Å². The quantitative estimate of drug-likeness (QED) is 0.280. The summed E-state index contributed by atoms with van der Waals surface area (Å²) in [6, 6.07) is 10.8. The van der Waals surface area contributed by atoms with E-state index in [-0.39, 0.29) is 29.6 Å². The van der Waals surface area contributed by atoms with E-state index in [9.17, 15) is 14.3 Å². The molecule has 2 aliphatic carbocycles. The van der Waals surface area contributed by atoms with Gasteiger partial charge in [0.1, 0.15) is 22.9 Å². The fourth-order valence-corrected chi connectivity index (χ4v) is 5.10. The number of anilines is 2. The number of pyridine rings is 2. The van der Waals surface area contributed by atoms with Gasteiger partial charge < -0.3 is 25.2 Å². The standard InChI is InChI=1S/C30H32FN5O4/c1-17-11-24(27(16-32-17)40-23-7-5-22(37)6-8-23)18-9-10-36-21(12-18)15-28(35-36)33-20-13-25(31)29(26(14-20)39-2)30(38)34-19-3-4-19/h9-16,19,22-23,37H,3-8H2,1-2H3,(H,33,35)(H,34,38)/t22-,23-. The number of nitrogens with one attached hydrogen (secondary N) is 2. The number of carbonyl (C=O) groups is 1. The maximum atomic E-state index is 15.0. The molecule has 6 rings (SSSR count). The Kier molecular flexibility index (Phi) is 7.02. The highest BCUT2D eigenvalue weighted by atomic mass is 19.1. The van der Waals surface area contributed by atoms with Crippen LogP contribution in [-0.4, -0.2) is 51.0 Å². The Morgan fingerprint density at radius 1 is 1.07 bits per heavy atom. The van der Waals surface area contributed by atoms with E-state index in [1.54, 1.807) is 16.8 Å². The number of halogens is 1. The molecule has 4 aromatic rings. The summed E-state index contributed by atoms with van der Waals surface area (Å²) in [4.78, 5) is 17.0. The van der Waals surface area contributed by atoms with Gasteiger partial charge in [0, 0.05) is 41.3 Å². The highest BCUT2D eigenvalue weighted by molar-refractivity contribution is 5.98. The van der Waals surface area contributed by atoms with E-state index in [0.29, 0.717) is 17.3 Å². The predicted molar refractivity (Wildman–Crippen MR) is 149 cm³/mol. The number of nitrogens with zero attached hydrogens (tertiary/aromatic N) is 3. The Morgan fingerprint density at radius 3 is 2.62 bits per heavy atom. The van der Waals surface area contributed by atoms with Crippen LogP contribution in [0.4, 0.5) is 15.9 Å². The van der Waals surface area contributed by atoms with Gasteiger partial charge in [0.25, 0.3) is 5.91 Å². The van der Waals surface area contributed by atoms with Crippen molar-refractivity contribution in [2.24, 2.45) is 0 Å². The average Bonchev–Trinajstić information content (AvgIpc) is 3.66. The number of aryl methyl sites for hydroxylation is 1. The van der Waals surface area contributed by atoms with Crippen LogP contribution in [0.15, 0.2) is 48.8 Å². The van der Waals surface area contributed by atoms with Crippen molar-refractivity contribution in [2.75, 3.05) is 12.4 Å². The zero-order valence-corrected chi connectivity index (χ0v) is 22.5. The zero-order valence-electron chi connectivity index (χ0n) is 22.5. The van der Waals surface area contributed by atoms with E-state index in [0.717, 1.165) is 60.9 Å². The maximum absolute atomic E-state index is 15.0. The summed E-state index contributed by atoms with van der Waals surface area (Å²) in [6.07, 6.45) is 8.34. The van der Waals surface area contributed by atoms with Gasteiger partial charge in [-0.05, 0) is 75.3 Å². The molecular weight excluding hydrogens is 513 g/mol. The highest BCUT2D eigenvalue weighted by Gasteiger charge is 2.27. The second kappa shape index (κ2) is 10.8. The van der Waals surface area contributed by atoms with Crippen LogP contribution in [0.2, 0.25) is 0 Å². The van der Waals surface area contributed by atoms with Crippen LogP contribution in [0.25, 0.3) is 16.6 Å². The first kappa shape index (κ1) is 26.1. The maximum Gasteiger partial charge on any atom is 0.258 e. The molecule has 0 atom stereocenters. The summed E-state index contributed by atoms with van der Waals surface area (Å²) >= 11 is 0. The summed E-state index contributed by atoms with van der Waals surface area (Å²) in [6.45, 7) is 1.94. The lowest BCUT2D eigenvalue weighted by molar-refractivity contribution is 0.0667. The molecule has 3 N–H and O–H groups in total. The Morgan fingerprint density at radius 2 is 1.88 bits per heavy atom. The summed E-state index contributed by atoms with van der Waals surface area (Å²) in [7, 11) is 1.41. The van der Waals surface area contributed by atoms with Gasteiger partial charge in [-0.25, -0.2) is 8.91 Å². The lowest BCUT2D eigenvalue weighted by atomic mass is 9.95. The van der Waals surface area contributed by atoms with Crippen molar-refractivity contribution in [1.29, 1.82) is 0 Å². The molecule has 0 saturated heterocycles. The van der Waals surface area contributed by atoms with Gasteiger partial charge in [0.2, 0.25) is 0 Å². The van der Waals surface area contributed by atoms with E-state index in [1.807, 2.05) is 37.4 Å². The second-order valence-corrected chi connectivity index (χ2v) is 10.6. The fourth-order valence-electron chi connectivity index (χ4n) is 5.10. The molecule has 0 radical (unpaired) electrons. The van der Waals surface area contributed by atoms with E-state index in [1.165, 1.54) is 13.2 Å². The third-order valence-corrected chi connectivity index (χ3v) is 7.40. The molecule has 0 aliphatic heterocycles. The van der Waals surface area contributed by atoms with Crippen LogP contribution in [-0.2, 0) is 0 Å². The number of hydrogen-bond acceptors (Lipinski definition) is 7. The molecule has 1 aromatic carbocycles. The first-order chi connectivity index (χ1) is 19.4. The molecule has 208 valence electrons. The van der Waals surface area contributed by atoms with E-state index >= 15 is 0 Å². The molecule has 10 heteroatoms. The lowest BCUT2D eigenvalue weighted by Crippen LogP contribution is -2.26. The van der Waals surface area contributed by atoms with Crippen LogP contribution in [0.1, 0.15) is 54.6 Å². The number of rotatable bonds is 8. The number of aromatic nitrogens is 3. The van der Waals surface area contributed by atoms with Crippen molar-refractivity contribution in [3.63, 3.8) is 0 Å². The Labute approximate surface area is 231 Å². The van der Waals surface area contributed by atoms with Crippen LogP contribution in [0, 0.1) is 12.7 Å². The first-order valence-electron chi connectivity index (χ1n) is 13.6. The predicted octanol–water partition coefficient (Wildman–Crippen LogP) is 5.17. The first-order valence-corrected chi connectivity index (χ1v) is 13.6. The molecule has 9 nitrogen and oxygen atoms in total. The number of ether oxygens (including phenoxy) is 2. The fraction of sp³-hybridized carbons (Fsp3) is 0.367. The number of methoxy groups -OCH3 is 1. The number of carbonyl (C=O) groups excluding carboxylic acids is 1. The van der Waals surface area contributed by atoms with Gasteiger partial charge in [-0.1, -0.05) is 0 Å². The topological polar surface area (TPSA) is 110 Å². The monoisotopic (exact) mass is 545 g/mol. The molecule has 0 bridgehead atoms. The van der Waals surface area contributed by atoms with Crippen LogP contribution < -0.4 is 20.1 Å². The minimum atomic E-state index is -0.667. The van der Waals surface area contributed by atoms with Gasteiger partial charge in [-0.2, -0.15) is 5.10 Å². The molecular formula is C30H32FN5O4. The summed E-state index contributed by atoms with van der Waals surface area (Å²) in [5.41, 5.74) is 3.91. The van der Waals surface area contributed by atoms with Gasteiger partial charge in [-0.15, -0.1) is 0 Å². The number of aliphatic hydroxyl groups excluding tert-OH is 1. The smallest absolute Gasteiger partial charge is 0.258 e. The van der Waals surface area contributed by atoms with Gasteiger partial charge in [-0.3, -0.25) is 9.78 Å². The van der Waals surface area contributed by atoms with Crippen LogP contribution >= 0.6 is 0 Å². The Hall–Kier alpha value is -4.18. The Balaban J connectivity index is 1.25. The molecule has 0 unspecified atom stereocenters. The van der Waals surface area contributed by atoms with E-state index in [4.69, 9.17) is 9.47 Å². The minimum absolute atomic E-state index is 0.0460. The molecule has 2 fully saturated rings. The number of benzene rings is 1. The highest BCUT2D eigenvalue weighted by Crippen LogP contribution is 2.35. The average molecular weight is 546 g/mol. The largest absolute Gasteiger partial charge is 0.496 e. The van der Waals surface area contributed by atoms with Gasteiger partial charge >= 0.3 is 0 Å². The Bertz CT molecular complexity index is 1560. The van der Waals surface area contributed by atoms with Crippen LogP contribution in [0.5, 0.6) is 11.5 Å². The number of amides is 1. The minimum Gasteiger partial charge on any atom is -0.496 e. The zero-order chi connectivity index (χ0) is 27.8. The molecule has 0 spiro atoms. The third kappa shape index (κ3) is 5.58. The van der Waals surface area contributed by atoms with E-state index < -0.39 is 11.7 Å². The van der Waals surface area contributed by atoms with Crippen molar-refractivity contribution in [2.45, 2.75) is 63.7 Å². The third-order valence-electron chi connectivity index (χ3n) is 7.40. The van der Waals surface area contributed by atoms with Gasteiger partial charge in [0.05, 0.1) is 31.0 Å². The van der Waals surface area contributed by atoms with Crippen molar-refractivity contribution < 1.29 is 23.8 Å².